The summed E-state index contributed by atoms with van der Waals surface area (Å²) in [5.74, 6) is -3.94. The monoisotopic (exact) mass is 456 g/mol. The fraction of sp³-hybridized carbons (Fsp3) is 0.474. The van der Waals surface area contributed by atoms with Crippen LogP contribution in [-0.4, -0.2) is 81.6 Å². The molecule has 0 bridgehead atoms. The lowest BCUT2D eigenvalue weighted by molar-refractivity contribution is -0.142. The number of aliphatic carboxylic acids is 1. The first kappa shape index (κ1) is 26.4. The number of hydrogen-bond donors (Lipinski definition) is 8. The van der Waals surface area contributed by atoms with Crippen molar-refractivity contribution < 1.29 is 34.5 Å². The number of carboxylic acid groups (broad SMARTS) is 1. The summed E-state index contributed by atoms with van der Waals surface area (Å²) in [5, 5.41) is 35.4. The lowest BCUT2D eigenvalue weighted by Crippen LogP contribution is -2.60. The number of aliphatic hydroxyl groups is 2. The van der Waals surface area contributed by atoms with Crippen LogP contribution in [0.15, 0.2) is 30.3 Å². The minimum absolute atomic E-state index is 0.000353. The SMILES string of the molecule is CC(O)C(NC(=O)C(N)CS)C(=O)NC(CO)C(=O)NC(Cc1ccccc1)C(=O)O. The summed E-state index contributed by atoms with van der Waals surface area (Å²) >= 11 is 3.88. The topological polar surface area (TPSA) is 191 Å². The number of amides is 3. The molecule has 0 spiro atoms. The molecule has 0 saturated heterocycles. The van der Waals surface area contributed by atoms with Gasteiger partial charge in [0.2, 0.25) is 17.7 Å². The number of rotatable bonds is 12. The number of nitrogens with one attached hydrogen (secondary N) is 3. The van der Waals surface area contributed by atoms with Gasteiger partial charge in [-0.15, -0.1) is 0 Å². The summed E-state index contributed by atoms with van der Waals surface area (Å²) < 4.78 is 0. The number of thiol groups is 1. The van der Waals surface area contributed by atoms with Crippen LogP contribution in [0.5, 0.6) is 0 Å². The van der Waals surface area contributed by atoms with Crippen molar-refractivity contribution in [3.8, 4) is 0 Å². The van der Waals surface area contributed by atoms with E-state index in [9.17, 15) is 34.5 Å². The molecule has 11 nitrogen and oxygen atoms in total. The molecule has 0 aromatic heterocycles. The average Bonchev–Trinajstić information content (AvgIpc) is 2.74. The van der Waals surface area contributed by atoms with E-state index in [2.05, 4.69) is 28.6 Å². The minimum Gasteiger partial charge on any atom is -0.480 e. The Labute approximate surface area is 184 Å². The number of hydrogen-bond acceptors (Lipinski definition) is 8. The van der Waals surface area contributed by atoms with Gasteiger partial charge in [-0.25, -0.2) is 4.79 Å². The van der Waals surface area contributed by atoms with Gasteiger partial charge in [0.05, 0.1) is 18.8 Å². The highest BCUT2D eigenvalue weighted by Gasteiger charge is 2.32. The molecule has 0 aliphatic rings. The third kappa shape index (κ3) is 8.53. The Balaban J connectivity index is 2.83. The van der Waals surface area contributed by atoms with Crippen LogP contribution >= 0.6 is 12.6 Å². The summed E-state index contributed by atoms with van der Waals surface area (Å²) in [5.41, 5.74) is 6.19. The molecule has 172 valence electrons. The summed E-state index contributed by atoms with van der Waals surface area (Å²) in [7, 11) is 0. The number of nitrogens with two attached hydrogens (primary N) is 1. The van der Waals surface area contributed by atoms with Gasteiger partial charge in [0.15, 0.2) is 0 Å². The highest BCUT2D eigenvalue weighted by Crippen LogP contribution is 2.04. The van der Waals surface area contributed by atoms with Crippen LogP contribution in [0.3, 0.4) is 0 Å². The van der Waals surface area contributed by atoms with Crippen molar-refractivity contribution in [3.63, 3.8) is 0 Å². The third-order valence-electron chi connectivity index (χ3n) is 4.31. The van der Waals surface area contributed by atoms with E-state index in [0.717, 1.165) is 0 Å². The Bertz CT molecular complexity index is 763. The van der Waals surface area contributed by atoms with Crippen LogP contribution in [0.2, 0.25) is 0 Å². The molecule has 0 radical (unpaired) electrons. The van der Waals surface area contributed by atoms with E-state index in [1.165, 1.54) is 6.92 Å². The van der Waals surface area contributed by atoms with Crippen LogP contribution < -0.4 is 21.7 Å². The second-order valence-corrected chi connectivity index (χ2v) is 7.21. The van der Waals surface area contributed by atoms with Crippen LogP contribution in [0.4, 0.5) is 0 Å². The standard InChI is InChI=1S/C19H28N4O7S/c1-10(25)15(23-16(26)12(20)9-31)18(28)22-14(8-24)17(27)21-13(19(29)30)7-11-5-3-2-4-6-11/h2-6,10,12-15,24-25,31H,7-9,20H2,1H3,(H,21,27)(H,22,28)(H,23,26)(H,29,30). The van der Waals surface area contributed by atoms with Gasteiger partial charge in [-0.1, -0.05) is 30.3 Å². The Morgan fingerprint density at radius 1 is 1.00 bits per heavy atom. The summed E-state index contributed by atoms with van der Waals surface area (Å²) in [6, 6.07) is 3.29. The van der Waals surface area contributed by atoms with Gasteiger partial charge in [-0.3, -0.25) is 14.4 Å². The van der Waals surface area contributed by atoms with E-state index in [1.807, 2.05) is 0 Å². The Morgan fingerprint density at radius 3 is 2.06 bits per heavy atom. The zero-order chi connectivity index (χ0) is 23.6. The van der Waals surface area contributed by atoms with E-state index < -0.39 is 60.6 Å². The minimum atomic E-state index is -1.51. The quantitative estimate of drug-likeness (QED) is 0.157. The average molecular weight is 457 g/mol. The van der Waals surface area contributed by atoms with Crippen molar-refractivity contribution >= 4 is 36.3 Å². The van der Waals surface area contributed by atoms with Crippen LogP contribution in [0.1, 0.15) is 12.5 Å². The number of carbonyl (C=O) groups excluding carboxylic acids is 3. The molecule has 0 heterocycles. The van der Waals surface area contributed by atoms with Gasteiger partial charge in [0.25, 0.3) is 0 Å². The predicted molar refractivity (Wildman–Crippen MR) is 114 cm³/mol. The Kier molecular flexibility index (Phi) is 11.0. The molecule has 0 aliphatic heterocycles. The molecular formula is C19H28N4O7S. The molecule has 12 heteroatoms. The van der Waals surface area contributed by atoms with Crippen molar-refractivity contribution in [1.29, 1.82) is 0 Å². The van der Waals surface area contributed by atoms with Gasteiger partial charge < -0.3 is 37.0 Å². The smallest absolute Gasteiger partial charge is 0.326 e. The maximum Gasteiger partial charge on any atom is 0.326 e. The number of carboxylic acids is 1. The predicted octanol–water partition coefficient (Wildman–Crippen LogP) is -2.60. The van der Waals surface area contributed by atoms with Gasteiger partial charge in [-0.2, -0.15) is 12.6 Å². The Morgan fingerprint density at radius 2 is 1.58 bits per heavy atom. The fourth-order valence-electron chi connectivity index (χ4n) is 2.53. The maximum absolute atomic E-state index is 12.5. The van der Waals surface area contributed by atoms with Gasteiger partial charge in [-0.05, 0) is 12.5 Å². The molecule has 1 aromatic rings. The summed E-state index contributed by atoms with van der Waals surface area (Å²) in [6.45, 7) is 0.400. The van der Waals surface area contributed by atoms with Crippen molar-refractivity contribution in [3.05, 3.63) is 35.9 Å². The van der Waals surface area contributed by atoms with Crippen LogP contribution in [-0.2, 0) is 25.6 Å². The second-order valence-electron chi connectivity index (χ2n) is 6.85. The largest absolute Gasteiger partial charge is 0.480 e. The van der Waals surface area contributed by atoms with Crippen molar-refractivity contribution in [2.75, 3.05) is 12.4 Å². The lowest BCUT2D eigenvalue weighted by atomic mass is 10.1. The zero-order valence-electron chi connectivity index (χ0n) is 16.9. The highest BCUT2D eigenvalue weighted by atomic mass is 32.1. The first-order valence-electron chi connectivity index (χ1n) is 9.43. The zero-order valence-corrected chi connectivity index (χ0v) is 17.8. The van der Waals surface area contributed by atoms with Crippen LogP contribution in [0.25, 0.3) is 0 Å². The molecule has 3 amide bonds. The number of aliphatic hydroxyl groups excluding tert-OH is 2. The second kappa shape index (κ2) is 12.9. The van der Waals surface area contributed by atoms with E-state index in [1.54, 1.807) is 30.3 Å². The van der Waals surface area contributed by atoms with E-state index in [4.69, 9.17) is 5.73 Å². The maximum atomic E-state index is 12.5. The molecule has 1 aromatic carbocycles. The van der Waals surface area contributed by atoms with E-state index in [0.29, 0.717) is 5.56 Å². The van der Waals surface area contributed by atoms with Gasteiger partial charge in [0, 0.05) is 12.2 Å². The molecule has 31 heavy (non-hydrogen) atoms. The first-order valence-corrected chi connectivity index (χ1v) is 10.1. The molecule has 0 aliphatic carbocycles. The molecule has 0 fully saturated rings. The summed E-state index contributed by atoms with van der Waals surface area (Å²) in [6.07, 6.45) is -1.36. The molecular weight excluding hydrogens is 428 g/mol. The first-order chi connectivity index (χ1) is 14.6. The fourth-order valence-corrected chi connectivity index (χ4v) is 2.69. The molecule has 0 saturated carbocycles. The van der Waals surface area contributed by atoms with Gasteiger partial charge >= 0.3 is 5.97 Å². The molecule has 5 unspecified atom stereocenters. The number of benzene rings is 1. The summed E-state index contributed by atoms with van der Waals surface area (Å²) in [4.78, 5) is 48.3. The van der Waals surface area contributed by atoms with E-state index in [-0.39, 0.29) is 12.2 Å². The normalized spacial score (nSPS) is 15.6. The van der Waals surface area contributed by atoms with Crippen LogP contribution in [0, 0.1) is 0 Å². The van der Waals surface area contributed by atoms with Gasteiger partial charge in [0.1, 0.15) is 18.1 Å². The van der Waals surface area contributed by atoms with Crippen molar-refractivity contribution in [2.24, 2.45) is 5.73 Å². The number of carbonyl (C=O) groups is 4. The Hall–Kier alpha value is -2.67. The molecule has 1 rings (SSSR count). The van der Waals surface area contributed by atoms with Crippen molar-refractivity contribution in [2.45, 2.75) is 43.6 Å². The molecule has 5 atom stereocenters. The third-order valence-corrected chi connectivity index (χ3v) is 4.70. The highest BCUT2D eigenvalue weighted by molar-refractivity contribution is 7.80. The molecule has 8 N–H and O–H groups in total. The van der Waals surface area contributed by atoms with Crippen molar-refractivity contribution in [1.82, 2.24) is 16.0 Å². The lowest BCUT2D eigenvalue weighted by Gasteiger charge is -2.25. The van der Waals surface area contributed by atoms with E-state index >= 15 is 0 Å².